The molecule has 0 saturated carbocycles. The van der Waals surface area contributed by atoms with Crippen molar-refractivity contribution in [3.63, 3.8) is 0 Å². The minimum atomic E-state index is -2.77. The lowest BCUT2D eigenvalue weighted by Gasteiger charge is -2.02. The molecule has 0 aromatic heterocycles. The van der Waals surface area contributed by atoms with Crippen LogP contribution in [0.5, 0.6) is 0 Å². The van der Waals surface area contributed by atoms with Crippen molar-refractivity contribution in [3.8, 4) is 0 Å². The molecule has 0 radical (unpaired) electrons. The summed E-state index contributed by atoms with van der Waals surface area (Å²) in [6.45, 7) is 1.87. The summed E-state index contributed by atoms with van der Waals surface area (Å²) in [5.74, 6) is 0.595. The molecule has 0 bridgehead atoms. The van der Waals surface area contributed by atoms with Crippen LogP contribution < -0.4 is 5.73 Å². The summed E-state index contributed by atoms with van der Waals surface area (Å²) in [6, 6.07) is -0.130. The van der Waals surface area contributed by atoms with Gasteiger partial charge in [0.2, 0.25) is 0 Å². The zero-order valence-corrected chi connectivity index (χ0v) is 7.41. The predicted octanol–water partition coefficient (Wildman–Crippen LogP) is -0.200. The third-order valence-electron chi connectivity index (χ3n) is 1.69. The molecule has 2 atom stereocenters. The van der Waals surface area contributed by atoms with Gasteiger partial charge in [0, 0.05) is 6.04 Å². The highest BCUT2D eigenvalue weighted by Crippen LogP contribution is 2.15. The van der Waals surface area contributed by atoms with E-state index in [9.17, 15) is 8.42 Å². The first kappa shape index (κ1) is 10.2. The van der Waals surface area contributed by atoms with Crippen molar-refractivity contribution >= 4 is 22.2 Å². The first-order valence-corrected chi connectivity index (χ1v) is 4.79. The molecule has 1 fully saturated rings. The highest BCUT2D eigenvalue weighted by molar-refractivity contribution is 7.91. The molecule has 0 aliphatic carbocycles. The second-order valence-electron chi connectivity index (χ2n) is 2.72. The van der Waals surface area contributed by atoms with Crippen LogP contribution in [0, 0.1) is 5.92 Å². The Balaban J connectivity index is 0.000000810. The van der Waals surface area contributed by atoms with E-state index in [-0.39, 0.29) is 35.9 Å². The molecule has 0 amide bonds. The zero-order chi connectivity index (χ0) is 7.07. The molecule has 62 valence electrons. The van der Waals surface area contributed by atoms with Gasteiger partial charge in [-0.15, -0.1) is 12.4 Å². The molecule has 10 heavy (non-hydrogen) atoms. The van der Waals surface area contributed by atoms with Crippen molar-refractivity contribution in [2.24, 2.45) is 11.7 Å². The maximum atomic E-state index is 10.8. The van der Waals surface area contributed by atoms with E-state index in [0.29, 0.717) is 0 Å². The van der Waals surface area contributed by atoms with Gasteiger partial charge in [-0.3, -0.25) is 0 Å². The summed E-state index contributed by atoms with van der Waals surface area (Å²) in [5, 5.41) is 0. The van der Waals surface area contributed by atoms with Gasteiger partial charge >= 0.3 is 0 Å². The van der Waals surface area contributed by atoms with Gasteiger partial charge < -0.3 is 5.73 Å². The van der Waals surface area contributed by atoms with Crippen molar-refractivity contribution in [2.45, 2.75) is 13.0 Å². The van der Waals surface area contributed by atoms with Gasteiger partial charge in [-0.1, -0.05) is 6.92 Å². The maximum absolute atomic E-state index is 10.8. The van der Waals surface area contributed by atoms with Gasteiger partial charge in [0.05, 0.1) is 11.5 Å². The lowest BCUT2D eigenvalue weighted by molar-refractivity contribution is 0.566. The molecule has 2 N–H and O–H groups in total. The van der Waals surface area contributed by atoms with E-state index in [1.807, 2.05) is 6.92 Å². The third kappa shape index (κ3) is 2.11. The molecule has 0 spiro atoms. The van der Waals surface area contributed by atoms with Crippen molar-refractivity contribution < 1.29 is 8.42 Å². The standard InChI is InChI=1S/C5H11NO2S.ClH/c1-4-2-9(7,8)3-5(4)6;/h4-5H,2-3,6H2,1H3;1H. The zero-order valence-electron chi connectivity index (χ0n) is 5.78. The molecule has 5 heteroatoms. The minimum Gasteiger partial charge on any atom is -0.327 e. The summed E-state index contributed by atoms with van der Waals surface area (Å²) in [7, 11) is -2.77. The van der Waals surface area contributed by atoms with Crippen LogP contribution in [0.4, 0.5) is 0 Å². The average Bonchev–Trinajstić information content (AvgIpc) is 1.79. The summed E-state index contributed by atoms with van der Waals surface area (Å²) < 4.78 is 21.5. The second kappa shape index (κ2) is 3.07. The molecule has 1 aliphatic rings. The fourth-order valence-corrected chi connectivity index (χ4v) is 3.15. The summed E-state index contributed by atoms with van der Waals surface area (Å²) in [5.41, 5.74) is 5.47. The average molecular weight is 186 g/mol. The Bertz CT molecular complexity index is 186. The number of hydrogen-bond donors (Lipinski definition) is 1. The van der Waals surface area contributed by atoms with Crippen molar-refractivity contribution in [3.05, 3.63) is 0 Å². The Hall–Kier alpha value is 0.200. The van der Waals surface area contributed by atoms with E-state index in [0.717, 1.165) is 0 Å². The molecule has 0 aromatic carbocycles. The fraction of sp³-hybridized carbons (Fsp3) is 1.00. The largest absolute Gasteiger partial charge is 0.327 e. The highest BCUT2D eigenvalue weighted by atomic mass is 35.5. The molecule has 2 unspecified atom stereocenters. The van der Waals surface area contributed by atoms with Crippen molar-refractivity contribution in [1.82, 2.24) is 0 Å². The van der Waals surface area contributed by atoms with Gasteiger partial charge in [0.15, 0.2) is 9.84 Å². The van der Waals surface area contributed by atoms with Crippen LogP contribution in [0.3, 0.4) is 0 Å². The van der Waals surface area contributed by atoms with E-state index >= 15 is 0 Å². The Morgan fingerprint density at radius 1 is 1.40 bits per heavy atom. The molecule has 1 aliphatic heterocycles. The Morgan fingerprint density at radius 2 is 1.90 bits per heavy atom. The van der Waals surface area contributed by atoms with Gasteiger partial charge in [0.1, 0.15) is 0 Å². The third-order valence-corrected chi connectivity index (χ3v) is 3.62. The lowest BCUT2D eigenvalue weighted by Crippen LogP contribution is -2.26. The topological polar surface area (TPSA) is 60.2 Å². The number of halogens is 1. The maximum Gasteiger partial charge on any atom is 0.152 e. The molecule has 1 heterocycles. The van der Waals surface area contributed by atoms with E-state index < -0.39 is 9.84 Å². The number of nitrogens with two attached hydrogens (primary N) is 1. The second-order valence-corrected chi connectivity index (χ2v) is 4.87. The minimum absolute atomic E-state index is 0. The van der Waals surface area contributed by atoms with Crippen LogP contribution in [0.15, 0.2) is 0 Å². The number of hydrogen-bond acceptors (Lipinski definition) is 3. The van der Waals surface area contributed by atoms with Crippen LogP contribution in [0.2, 0.25) is 0 Å². The Morgan fingerprint density at radius 3 is 2.00 bits per heavy atom. The Kier molecular flexibility index (Phi) is 3.13. The normalized spacial score (nSPS) is 37.0. The highest BCUT2D eigenvalue weighted by Gasteiger charge is 2.31. The number of sulfone groups is 1. The predicted molar refractivity (Wildman–Crippen MR) is 43.0 cm³/mol. The molecular formula is C5H12ClNO2S. The molecule has 0 aromatic rings. The van der Waals surface area contributed by atoms with Gasteiger partial charge in [-0.25, -0.2) is 8.42 Å². The van der Waals surface area contributed by atoms with E-state index in [1.165, 1.54) is 0 Å². The smallest absolute Gasteiger partial charge is 0.152 e. The SMILES string of the molecule is CC1CS(=O)(=O)CC1N.Cl. The van der Waals surface area contributed by atoms with E-state index in [2.05, 4.69) is 0 Å². The van der Waals surface area contributed by atoms with Crippen LogP contribution >= 0.6 is 12.4 Å². The molecule has 1 rings (SSSR count). The van der Waals surface area contributed by atoms with Crippen LogP contribution in [-0.4, -0.2) is 26.0 Å². The number of rotatable bonds is 0. The van der Waals surface area contributed by atoms with Crippen molar-refractivity contribution in [2.75, 3.05) is 11.5 Å². The summed E-state index contributed by atoms with van der Waals surface area (Å²) in [4.78, 5) is 0. The van der Waals surface area contributed by atoms with Crippen LogP contribution in [-0.2, 0) is 9.84 Å². The first-order chi connectivity index (χ1) is 4.01. The Labute approximate surface area is 67.3 Å². The summed E-state index contributed by atoms with van der Waals surface area (Å²) >= 11 is 0. The van der Waals surface area contributed by atoms with Crippen LogP contribution in [0.25, 0.3) is 0 Å². The van der Waals surface area contributed by atoms with E-state index in [1.54, 1.807) is 0 Å². The van der Waals surface area contributed by atoms with E-state index in [4.69, 9.17) is 5.73 Å². The van der Waals surface area contributed by atoms with Crippen LogP contribution in [0.1, 0.15) is 6.92 Å². The molecular weight excluding hydrogens is 174 g/mol. The monoisotopic (exact) mass is 185 g/mol. The van der Waals surface area contributed by atoms with Gasteiger partial charge in [0.25, 0.3) is 0 Å². The van der Waals surface area contributed by atoms with Gasteiger partial charge in [-0.2, -0.15) is 0 Å². The first-order valence-electron chi connectivity index (χ1n) is 2.97. The molecule has 1 saturated heterocycles. The lowest BCUT2D eigenvalue weighted by atomic mass is 10.1. The summed E-state index contributed by atoms with van der Waals surface area (Å²) in [6.07, 6.45) is 0. The molecule has 3 nitrogen and oxygen atoms in total. The fourth-order valence-electron chi connectivity index (χ4n) is 1.05. The van der Waals surface area contributed by atoms with Gasteiger partial charge in [-0.05, 0) is 5.92 Å². The van der Waals surface area contributed by atoms with Crippen molar-refractivity contribution in [1.29, 1.82) is 0 Å². The quantitative estimate of drug-likeness (QED) is 0.569.